The minimum atomic E-state index is -4.68. The molecule has 0 aromatic carbocycles. The molecule has 14 atom stereocenters. The summed E-state index contributed by atoms with van der Waals surface area (Å²) in [5.74, 6) is -2.04. The maximum absolute atomic E-state index is 12.4. The van der Waals surface area contributed by atoms with Crippen LogP contribution in [0.25, 0.3) is 0 Å². The zero-order valence-corrected chi connectivity index (χ0v) is 23.8. The van der Waals surface area contributed by atoms with Gasteiger partial charge in [0.15, 0.2) is 0 Å². The van der Waals surface area contributed by atoms with E-state index in [1.54, 1.807) is 0 Å². The standard InChI is InChI=1S/C27H48O10S/c1-14(13-28)6-5-7-15(2)19-21(30)22(31)23-26(19,4)11-9-18-25(3)10-8-16(37-38(34,35)36)12-17(25)20(29)24(32)27(18,23)33/h14-24,28-33H,5-13H2,1-4H3,(H,34,35,36)/t14?,15-,16+,17-,18-,19+,20-,21-,22+,23-,24-,25+,26-,27+/m1/s1. The Morgan fingerprint density at radius 1 is 0.947 bits per heavy atom. The van der Waals surface area contributed by atoms with Crippen LogP contribution >= 0.6 is 0 Å². The van der Waals surface area contributed by atoms with Gasteiger partial charge in [-0.3, -0.25) is 4.55 Å². The first-order chi connectivity index (χ1) is 17.5. The molecule has 0 amide bonds. The highest BCUT2D eigenvalue weighted by Gasteiger charge is 2.75. The molecular formula is C27H48O10S. The Bertz CT molecular complexity index is 962. The zero-order valence-electron chi connectivity index (χ0n) is 23.0. The highest BCUT2D eigenvalue weighted by Crippen LogP contribution is 2.70. The van der Waals surface area contributed by atoms with Crippen LogP contribution in [-0.4, -0.2) is 86.3 Å². The van der Waals surface area contributed by atoms with Crippen LogP contribution in [0.15, 0.2) is 0 Å². The molecule has 11 heteroatoms. The van der Waals surface area contributed by atoms with Crippen molar-refractivity contribution in [1.82, 2.24) is 0 Å². The van der Waals surface area contributed by atoms with Gasteiger partial charge in [-0.1, -0.05) is 40.5 Å². The molecule has 0 aromatic heterocycles. The Morgan fingerprint density at radius 2 is 1.58 bits per heavy atom. The SMILES string of the molecule is CC(CO)CCC[C@@H](C)[C@H]1[C@@H](O)[C@H](O)[C@@H]2[C@]1(C)CC[C@@H]1[C@@]3(C)CC[C@H](OS(=O)(=O)O)C[C@@H]3[C@@H](O)[C@@H](O)[C@]12O. The minimum Gasteiger partial charge on any atom is -0.396 e. The molecular weight excluding hydrogens is 516 g/mol. The largest absolute Gasteiger partial charge is 0.397 e. The van der Waals surface area contributed by atoms with E-state index < -0.39 is 75.1 Å². The van der Waals surface area contributed by atoms with E-state index in [-0.39, 0.29) is 30.8 Å². The molecule has 4 aliphatic carbocycles. The molecule has 4 rings (SSSR count). The van der Waals surface area contributed by atoms with Gasteiger partial charge in [0, 0.05) is 12.5 Å². The number of aliphatic hydroxyl groups is 6. The Kier molecular flexibility index (Phi) is 8.43. The second-order valence-electron chi connectivity index (χ2n) is 13.6. The van der Waals surface area contributed by atoms with Crippen LogP contribution in [-0.2, 0) is 14.6 Å². The third-order valence-corrected chi connectivity index (χ3v) is 12.0. The number of rotatable bonds is 8. The van der Waals surface area contributed by atoms with E-state index in [1.165, 1.54) is 0 Å². The molecule has 1 unspecified atom stereocenters. The Labute approximate surface area is 226 Å². The molecule has 38 heavy (non-hydrogen) atoms. The van der Waals surface area contributed by atoms with E-state index in [4.69, 9.17) is 8.74 Å². The van der Waals surface area contributed by atoms with E-state index >= 15 is 0 Å². The van der Waals surface area contributed by atoms with E-state index in [1.807, 2.05) is 27.7 Å². The van der Waals surface area contributed by atoms with Gasteiger partial charge >= 0.3 is 10.4 Å². The van der Waals surface area contributed by atoms with Crippen LogP contribution in [0.1, 0.15) is 79.1 Å². The summed E-state index contributed by atoms with van der Waals surface area (Å²) < 4.78 is 36.6. The Balaban J connectivity index is 1.63. The van der Waals surface area contributed by atoms with Crippen LogP contribution < -0.4 is 0 Å². The van der Waals surface area contributed by atoms with Crippen LogP contribution in [0.2, 0.25) is 0 Å². The predicted octanol–water partition coefficient (Wildman–Crippen LogP) is 1.27. The van der Waals surface area contributed by atoms with Crippen LogP contribution in [0.4, 0.5) is 0 Å². The fraction of sp³-hybridized carbons (Fsp3) is 1.00. The third kappa shape index (κ3) is 4.77. The second-order valence-corrected chi connectivity index (χ2v) is 14.7. The predicted molar refractivity (Wildman–Crippen MR) is 138 cm³/mol. The first-order valence-corrected chi connectivity index (χ1v) is 15.6. The third-order valence-electron chi connectivity index (χ3n) is 11.5. The van der Waals surface area contributed by atoms with Gasteiger partial charge in [-0.25, -0.2) is 4.18 Å². The first kappa shape index (κ1) is 30.6. The molecule has 0 aromatic rings. The van der Waals surface area contributed by atoms with Gasteiger partial charge < -0.3 is 30.6 Å². The van der Waals surface area contributed by atoms with Crippen LogP contribution in [0, 0.1) is 46.3 Å². The average Bonchev–Trinajstić information content (AvgIpc) is 3.03. The number of hydrogen-bond donors (Lipinski definition) is 7. The highest BCUT2D eigenvalue weighted by molar-refractivity contribution is 7.80. The number of fused-ring (bicyclic) bond motifs is 5. The van der Waals surface area contributed by atoms with Gasteiger partial charge in [-0.2, -0.15) is 8.42 Å². The molecule has 0 bridgehead atoms. The van der Waals surface area contributed by atoms with Crippen molar-refractivity contribution in [2.24, 2.45) is 46.3 Å². The molecule has 222 valence electrons. The highest BCUT2D eigenvalue weighted by atomic mass is 32.3. The van der Waals surface area contributed by atoms with Gasteiger partial charge in [-0.05, 0) is 78.9 Å². The summed E-state index contributed by atoms with van der Waals surface area (Å²) >= 11 is 0. The van der Waals surface area contributed by atoms with E-state index in [0.29, 0.717) is 25.7 Å². The molecule has 7 N–H and O–H groups in total. The summed E-state index contributed by atoms with van der Waals surface area (Å²) in [6, 6.07) is 0. The van der Waals surface area contributed by atoms with Crippen molar-refractivity contribution in [3.05, 3.63) is 0 Å². The van der Waals surface area contributed by atoms with Crippen molar-refractivity contribution < 1.29 is 47.8 Å². The van der Waals surface area contributed by atoms with Gasteiger partial charge in [0.1, 0.15) is 11.7 Å². The lowest BCUT2D eigenvalue weighted by Gasteiger charge is -2.67. The fourth-order valence-electron chi connectivity index (χ4n) is 9.76. The molecule has 0 aliphatic heterocycles. The minimum absolute atomic E-state index is 0.0303. The van der Waals surface area contributed by atoms with Gasteiger partial charge in [0.2, 0.25) is 0 Å². The van der Waals surface area contributed by atoms with E-state index in [0.717, 1.165) is 19.3 Å². The van der Waals surface area contributed by atoms with Crippen molar-refractivity contribution in [3.8, 4) is 0 Å². The summed E-state index contributed by atoms with van der Waals surface area (Å²) in [5.41, 5.74) is -3.21. The molecule has 4 fully saturated rings. The van der Waals surface area contributed by atoms with E-state index in [2.05, 4.69) is 0 Å². The molecule has 4 aliphatic rings. The molecule has 0 heterocycles. The van der Waals surface area contributed by atoms with Crippen molar-refractivity contribution in [3.63, 3.8) is 0 Å². The summed E-state index contributed by atoms with van der Waals surface area (Å²) in [4.78, 5) is 0. The van der Waals surface area contributed by atoms with Crippen LogP contribution in [0.5, 0.6) is 0 Å². The molecule has 0 saturated heterocycles. The normalized spacial score (nSPS) is 50.6. The summed E-state index contributed by atoms with van der Waals surface area (Å²) in [5, 5.41) is 67.4. The monoisotopic (exact) mass is 564 g/mol. The zero-order chi connectivity index (χ0) is 28.4. The van der Waals surface area contributed by atoms with Crippen LogP contribution in [0.3, 0.4) is 0 Å². The van der Waals surface area contributed by atoms with Crippen molar-refractivity contribution in [1.29, 1.82) is 0 Å². The smallest absolute Gasteiger partial charge is 0.396 e. The van der Waals surface area contributed by atoms with Crippen molar-refractivity contribution >= 4 is 10.4 Å². The maximum atomic E-state index is 12.4. The van der Waals surface area contributed by atoms with E-state index in [9.17, 15) is 39.1 Å². The Morgan fingerprint density at radius 3 is 2.18 bits per heavy atom. The van der Waals surface area contributed by atoms with Crippen molar-refractivity contribution in [2.75, 3.05) is 6.61 Å². The molecule has 10 nitrogen and oxygen atoms in total. The summed E-state index contributed by atoms with van der Waals surface area (Å²) in [6.07, 6.45) is -1.78. The fourth-order valence-corrected chi connectivity index (χ4v) is 10.3. The average molecular weight is 565 g/mol. The Hall–Kier alpha value is -0.370. The molecule has 0 radical (unpaired) electrons. The summed E-state index contributed by atoms with van der Waals surface area (Å²) in [6.45, 7) is 8.07. The lowest BCUT2D eigenvalue weighted by molar-refractivity contribution is -0.309. The van der Waals surface area contributed by atoms with Gasteiger partial charge in [0.25, 0.3) is 0 Å². The topological polar surface area (TPSA) is 185 Å². The van der Waals surface area contributed by atoms with Gasteiger partial charge in [-0.15, -0.1) is 0 Å². The number of aliphatic hydroxyl groups excluding tert-OH is 5. The summed E-state index contributed by atoms with van der Waals surface area (Å²) in [7, 11) is -4.68. The van der Waals surface area contributed by atoms with Crippen molar-refractivity contribution in [2.45, 2.75) is 115 Å². The first-order valence-electron chi connectivity index (χ1n) is 14.2. The lowest BCUT2D eigenvalue weighted by atomic mass is 9.41. The quantitative estimate of drug-likeness (QED) is 0.212. The second kappa shape index (κ2) is 10.5. The number of hydrogen-bond acceptors (Lipinski definition) is 9. The lowest BCUT2D eigenvalue weighted by Crippen LogP contribution is -2.75. The molecule has 4 saturated carbocycles. The molecule has 0 spiro atoms. The van der Waals surface area contributed by atoms with Gasteiger partial charge in [0.05, 0.1) is 24.4 Å². The maximum Gasteiger partial charge on any atom is 0.397 e.